The molecule has 5 heteroatoms. The third-order valence-electron chi connectivity index (χ3n) is 3.78. The van der Waals surface area contributed by atoms with Crippen molar-refractivity contribution in [2.45, 2.75) is 0 Å². The highest BCUT2D eigenvalue weighted by Gasteiger charge is 2.08. The van der Waals surface area contributed by atoms with Crippen molar-refractivity contribution in [1.82, 2.24) is 4.98 Å². The molecule has 0 aliphatic carbocycles. The number of aromatic nitrogens is 1. The lowest BCUT2D eigenvalue weighted by Crippen LogP contribution is -2.09. The highest BCUT2D eigenvalue weighted by atomic mass is 32.1. The number of nitrogens with one attached hydrogen (secondary N) is 2. The zero-order chi connectivity index (χ0) is 16.5. The van der Waals surface area contributed by atoms with Crippen LogP contribution < -0.4 is 5.32 Å². The summed E-state index contributed by atoms with van der Waals surface area (Å²) in [6, 6.07) is 17.8. The van der Waals surface area contributed by atoms with E-state index in [9.17, 15) is 9.18 Å². The molecule has 118 valence electrons. The lowest BCUT2D eigenvalue weighted by Gasteiger charge is -2.05. The topological polar surface area (TPSA) is 44.9 Å². The molecule has 2 aromatic heterocycles. The predicted octanol–water partition coefficient (Wildman–Crippen LogP) is 5.29. The third-order valence-corrected chi connectivity index (χ3v) is 4.65. The molecule has 0 aliphatic rings. The molecule has 0 spiro atoms. The van der Waals surface area contributed by atoms with Crippen LogP contribution in [0.2, 0.25) is 0 Å². The Morgan fingerprint density at radius 2 is 1.88 bits per heavy atom. The first-order valence-corrected chi connectivity index (χ1v) is 8.30. The van der Waals surface area contributed by atoms with Crippen LogP contribution in [-0.4, -0.2) is 10.9 Å². The van der Waals surface area contributed by atoms with Gasteiger partial charge < -0.3 is 10.3 Å². The Labute approximate surface area is 141 Å². The predicted molar refractivity (Wildman–Crippen MR) is 96.0 cm³/mol. The van der Waals surface area contributed by atoms with Crippen LogP contribution in [0, 0.1) is 5.82 Å². The van der Waals surface area contributed by atoms with E-state index in [0.29, 0.717) is 4.88 Å². The van der Waals surface area contributed by atoms with Gasteiger partial charge in [0, 0.05) is 22.3 Å². The Morgan fingerprint density at radius 3 is 2.62 bits per heavy atom. The number of carbonyl (C=O) groups excluding carboxylic acids is 1. The molecule has 0 saturated carbocycles. The highest BCUT2D eigenvalue weighted by Crippen LogP contribution is 2.26. The van der Waals surface area contributed by atoms with Crippen molar-refractivity contribution >= 4 is 33.8 Å². The fraction of sp³-hybridized carbons (Fsp3) is 0. The molecule has 3 nitrogen and oxygen atoms in total. The fourth-order valence-corrected chi connectivity index (χ4v) is 3.21. The summed E-state index contributed by atoms with van der Waals surface area (Å²) in [6.07, 6.45) is 0. The molecule has 2 heterocycles. The minimum atomic E-state index is -0.250. The standard InChI is InChI=1S/C19H13FN2OS/c20-14-5-8-16-13(10-14)11-17(22-16)12-3-6-15(7-4-12)21-19(23)18-2-1-9-24-18/h1-11,22H,(H,21,23). The average molecular weight is 336 g/mol. The second-order valence-electron chi connectivity index (χ2n) is 5.42. The van der Waals surface area contributed by atoms with Crippen LogP contribution in [0.5, 0.6) is 0 Å². The molecule has 2 N–H and O–H groups in total. The smallest absolute Gasteiger partial charge is 0.265 e. The molecule has 0 aliphatic heterocycles. The normalized spacial score (nSPS) is 10.9. The van der Waals surface area contributed by atoms with Gasteiger partial charge in [0.1, 0.15) is 5.82 Å². The van der Waals surface area contributed by atoms with Gasteiger partial charge >= 0.3 is 0 Å². The van der Waals surface area contributed by atoms with E-state index in [-0.39, 0.29) is 11.7 Å². The Bertz CT molecular complexity index is 1000. The molecule has 0 bridgehead atoms. The number of rotatable bonds is 3. The van der Waals surface area contributed by atoms with Gasteiger partial charge in [-0.25, -0.2) is 4.39 Å². The van der Waals surface area contributed by atoms with Crippen molar-refractivity contribution in [3.05, 3.63) is 76.7 Å². The summed E-state index contributed by atoms with van der Waals surface area (Å²) in [4.78, 5) is 16.0. The van der Waals surface area contributed by atoms with Crippen molar-refractivity contribution < 1.29 is 9.18 Å². The Kier molecular flexibility index (Phi) is 3.63. The molecule has 0 radical (unpaired) electrons. The van der Waals surface area contributed by atoms with E-state index in [1.54, 1.807) is 12.1 Å². The molecule has 0 atom stereocenters. The van der Waals surface area contributed by atoms with E-state index in [0.717, 1.165) is 27.8 Å². The molecular weight excluding hydrogens is 323 g/mol. The minimum Gasteiger partial charge on any atom is -0.355 e. The van der Waals surface area contributed by atoms with E-state index in [1.807, 2.05) is 41.8 Å². The SMILES string of the molecule is O=C(Nc1ccc(-c2cc3cc(F)ccc3[nH]2)cc1)c1cccs1. The van der Waals surface area contributed by atoms with Crippen LogP contribution in [0.1, 0.15) is 9.67 Å². The van der Waals surface area contributed by atoms with Crippen molar-refractivity contribution in [2.75, 3.05) is 5.32 Å². The zero-order valence-electron chi connectivity index (χ0n) is 12.5. The van der Waals surface area contributed by atoms with Gasteiger partial charge in [0.25, 0.3) is 5.91 Å². The molecule has 4 rings (SSSR count). The summed E-state index contributed by atoms with van der Waals surface area (Å²) < 4.78 is 13.3. The number of halogens is 1. The lowest BCUT2D eigenvalue weighted by atomic mass is 10.1. The van der Waals surface area contributed by atoms with Crippen LogP contribution in [0.25, 0.3) is 22.2 Å². The number of anilines is 1. The Hall–Kier alpha value is -2.92. The van der Waals surface area contributed by atoms with Crippen molar-refractivity contribution in [2.24, 2.45) is 0 Å². The minimum absolute atomic E-state index is 0.112. The van der Waals surface area contributed by atoms with Crippen LogP contribution in [0.15, 0.2) is 66.0 Å². The van der Waals surface area contributed by atoms with E-state index < -0.39 is 0 Å². The molecule has 2 aromatic carbocycles. The van der Waals surface area contributed by atoms with Gasteiger partial charge in [-0.1, -0.05) is 18.2 Å². The number of benzene rings is 2. The van der Waals surface area contributed by atoms with Crippen LogP contribution in [0.4, 0.5) is 10.1 Å². The summed E-state index contributed by atoms with van der Waals surface area (Å²) in [5.74, 6) is -0.362. The summed E-state index contributed by atoms with van der Waals surface area (Å²) in [5, 5.41) is 5.57. The van der Waals surface area contributed by atoms with E-state index >= 15 is 0 Å². The van der Waals surface area contributed by atoms with Gasteiger partial charge in [-0.3, -0.25) is 4.79 Å². The monoisotopic (exact) mass is 336 g/mol. The number of H-pyrrole nitrogens is 1. The summed E-state index contributed by atoms with van der Waals surface area (Å²) in [6.45, 7) is 0. The first kappa shape index (κ1) is 14.7. The molecular formula is C19H13FN2OS. The van der Waals surface area contributed by atoms with Crippen LogP contribution in [-0.2, 0) is 0 Å². The van der Waals surface area contributed by atoms with Crippen LogP contribution >= 0.6 is 11.3 Å². The molecule has 1 amide bonds. The van der Waals surface area contributed by atoms with Gasteiger partial charge in [0.2, 0.25) is 0 Å². The maximum Gasteiger partial charge on any atom is 0.265 e. The fourth-order valence-electron chi connectivity index (χ4n) is 2.59. The van der Waals surface area contributed by atoms with E-state index in [4.69, 9.17) is 0 Å². The molecule has 0 fully saturated rings. The largest absolute Gasteiger partial charge is 0.355 e. The second-order valence-corrected chi connectivity index (χ2v) is 6.37. The molecule has 24 heavy (non-hydrogen) atoms. The Balaban J connectivity index is 1.57. The van der Waals surface area contributed by atoms with Gasteiger partial charge in [0.15, 0.2) is 0 Å². The summed E-state index contributed by atoms with van der Waals surface area (Å²) in [7, 11) is 0. The van der Waals surface area contributed by atoms with Crippen molar-refractivity contribution in [3.63, 3.8) is 0 Å². The zero-order valence-corrected chi connectivity index (χ0v) is 13.4. The lowest BCUT2D eigenvalue weighted by molar-refractivity contribution is 0.103. The number of carbonyl (C=O) groups is 1. The maximum absolute atomic E-state index is 13.3. The highest BCUT2D eigenvalue weighted by molar-refractivity contribution is 7.12. The number of aromatic amines is 1. The molecule has 4 aromatic rings. The number of hydrogen-bond acceptors (Lipinski definition) is 2. The third kappa shape index (κ3) is 2.81. The van der Waals surface area contributed by atoms with Gasteiger partial charge in [-0.2, -0.15) is 0 Å². The van der Waals surface area contributed by atoms with Gasteiger partial charge in [-0.15, -0.1) is 11.3 Å². The Morgan fingerprint density at radius 1 is 1.04 bits per heavy atom. The average Bonchev–Trinajstić information content (AvgIpc) is 3.24. The molecule has 0 saturated heterocycles. The molecule has 0 unspecified atom stereocenters. The van der Waals surface area contributed by atoms with E-state index in [1.165, 1.54) is 23.5 Å². The second kappa shape index (κ2) is 5.94. The summed E-state index contributed by atoms with van der Waals surface area (Å²) in [5.41, 5.74) is 3.51. The van der Waals surface area contributed by atoms with Gasteiger partial charge in [0.05, 0.1) is 4.88 Å². The van der Waals surface area contributed by atoms with Crippen molar-refractivity contribution in [3.8, 4) is 11.3 Å². The number of amides is 1. The van der Waals surface area contributed by atoms with Crippen molar-refractivity contribution in [1.29, 1.82) is 0 Å². The number of hydrogen-bond donors (Lipinski definition) is 2. The van der Waals surface area contributed by atoms with Gasteiger partial charge in [-0.05, 0) is 53.4 Å². The first-order valence-electron chi connectivity index (χ1n) is 7.43. The quantitative estimate of drug-likeness (QED) is 0.525. The summed E-state index contributed by atoms with van der Waals surface area (Å²) >= 11 is 1.41. The van der Waals surface area contributed by atoms with Crippen LogP contribution in [0.3, 0.4) is 0 Å². The van der Waals surface area contributed by atoms with E-state index in [2.05, 4.69) is 10.3 Å². The maximum atomic E-state index is 13.3. The number of thiophene rings is 1. The first-order chi connectivity index (χ1) is 11.7. The number of fused-ring (bicyclic) bond motifs is 1.